The molecule has 1 aromatic heterocycles. The zero-order chi connectivity index (χ0) is 22.0. The molecule has 0 bridgehead atoms. The number of anilines is 1. The van der Waals surface area contributed by atoms with Gasteiger partial charge in [-0.05, 0) is 55.0 Å². The number of nitrogens with one attached hydrogen (secondary N) is 1. The predicted molar refractivity (Wildman–Crippen MR) is 114 cm³/mol. The molecule has 154 valence electrons. The fourth-order valence-electron chi connectivity index (χ4n) is 3.33. The molecule has 2 aromatic carbocycles. The minimum Gasteiger partial charge on any atom is -0.348 e. The third-order valence-electron chi connectivity index (χ3n) is 4.88. The molecule has 0 spiro atoms. The summed E-state index contributed by atoms with van der Waals surface area (Å²) in [6.45, 7) is 2.60. The summed E-state index contributed by atoms with van der Waals surface area (Å²) >= 11 is 1.40. The largest absolute Gasteiger partial charge is 0.348 e. The molecule has 4 rings (SSSR count). The number of nitriles is 1. The van der Waals surface area contributed by atoms with E-state index in [0.717, 1.165) is 22.2 Å². The van der Waals surface area contributed by atoms with Crippen molar-refractivity contribution in [2.45, 2.75) is 23.4 Å². The third kappa shape index (κ3) is 4.00. The standard InChI is InChI=1S/C23H17FN4O2S/c1-2-28-19-8-6-15(11-20(19)31-22-17(23(28)30)4-3-9-26-22)13-27-21(29)16-7-5-14(12-25)10-18(16)24/h3-11H,2,13H2,1H3,(H,27,29). The number of hydrogen-bond donors (Lipinski definition) is 1. The number of amides is 2. The van der Waals surface area contributed by atoms with Crippen molar-refractivity contribution in [2.24, 2.45) is 0 Å². The van der Waals surface area contributed by atoms with Crippen molar-refractivity contribution < 1.29 is 14.0 Å². The van der Waals surface area contributed by atoms with Gasteiger partial charge in [-0.1, -0.05) is 17.8 Å². The van der Waals surface area contributed by atoms with Crippen LogP contribution in [0.25, 0.3) is 0 Å². The van der Waals surface area contributed by atoms with Crippen LogP contribution in [0.5, 0.6) is 0 Å². The molecule has 8 heteroatoms. The van der Waals surface area contributed by atoms with Gasteiger partial charge in [-0.15, -0.1) is 0 Å². The first-order valence-electron chi connectivity index (χ1n) is 9.57. The number of benzene rings is 2. The molecule has 0 aliphatic carbocycles. The van der Waals surface area contributed by atoms with E-state index in [1.165, 1.54) is 23.9 Å². The van der Waals surface area contributed by atoms with Gasteiger partial charge in [0.1, 0.15) is 10.8 Å². The van der Waals surface area contributed by atoms with Crippen molar-refractivity contribution in [3.8, 4) is 6.07 Å². The first kappa shape index (κ1) is 20.6. The highest BCUT2D eigenvalue weighted by Gasteiger charge is 2.27. The molecule has 2 amide bonds. The molecule has 0 atom stereocenters. The normalized spacial score (nSPS) is 12.4. The maximum Gasteiger partial charge on any atom is 0.261 e. The lowest BCUT2D eigenvalue weighted by Crippen LogP contribution is -2.30. The Hall–Kier alpha value is -3.70. The highest BCUT2D eigenvalue weighted by molar-refractivity contribution is 7.99. The smallest absolute Gasteiger partial charge is 0.261 e. The van der Waals surface area contributed by atoms with Gasteiger partial charge in [-0.2, -0.15) is 5.26 Å². The number of pyridine rings is 1. The van der Waals surface area contributed by atoms with Gasteiger partial charge < -0.3 is 10.2 Å². The van der Waals surface area contributed by atoms with Gasteiger partial charge in [0, 0.05) is 24.2 Å². The molecule has 1 aliphatic heterocycles. The van der Waals surface area contributed by atoms with Crippen molar-refractivity contribution >= 4 is 29.3 Å². The van der Waals surface area contributed by atoms with Crippen LogP contribution in [-0.4, -0.2) is 23.3 Å². The van der Waals surface area contributed by atoms with E-state index in [2.05, 4.69) is 10.3 Å². The first-order chi connectivity index (χ1) is 15.0. The number of hydrogen-bond acceptors (Lipinski definition) is 5. The second-order valence-electron chi connectivity index (χ2n) is 6.80. The minimum absolute atomic E-state index is 0.103. The van der Waals surface area contributed by atoms with Gasteiger partial charge in [0.05, 0.1) is 28.4 Å². The molecule has 0 saturated heterocycles. The Labute approximate surface area is 182 Å². The molecule has 0 saturated carbocycles. The zero-order valence-corrected chi connectivity index (χ0v) is 17.4. The van der Waals surface area contributed by atoms with Gasteiger partial charge in [0.2, 0.25) is 0 Å². The van der Waals surface area contributed by atoms with E-state index in [0.29, 0.717) is 17.1 Å². The predicted octanol–water partition coefficient (Wildman–Crippen LogP) is 4.15. The number of aromatic nitrogens is 1. The quantitative estimate of drug-likeness (QED) is 0.669. The zero-order valence-electron chi connectivity index (χ0n) is 16.6. The van der Waals surface area contributed by atoms with Gasteiger partial charge in [0.25, 0.3) is 11.8 Å². The van der Waals surface area contributed by atoms with E-state index in [1.54, 1.807) is 23.2 Å². The SMILES string of the molecule is CCN1C(=O)c2cccnc2Sc2cc(CNC(=O)c3ccc(C#N)cc3F)ccc21. The van der Waals surface area contributed by atoms with Crippen LogP contribution in [0.4, 0.5) is 10.1 Å². The summed E-state index contributed by atoms with van der Waals surface area (Å²) in [6, 6.07) is 14.6. The van der Waals surface area contributed by atoms with Crippen LogP contribution >= 0.6 is 11.8 Å². The third-order valence-corrected chi connectivity index (χ3v) is 5.95. The summed E-state index contributed by atoms with van der Waals surface area (Å²) < 4.78 is 14.1. The number of nitrogens with zero attached hydrogens (tertiary/aromatic N) is 3. The van der Waals surface area contributed by atoms with E-state index < -0.39 is 11.7 Å². The summed E-state index contributed by atoms with van der Waals surface area (Å²) in [5, 5.41) is 12.2. The topological polar surface area (TPSA) is 86.1 Å². The maximum atomic E-state index is 14.1. The molecule has 1 aliphatic rings. The van der Waals surface area contributed by atoms with Crippen molar-refractivity contribution in [1.29, 1.82) is 5.26 Å². The molecule has 0 radical (unpaired) electrons. The number of rotatable bonds is 4. The summed E-state index contributed by atoms with van der Waals surface area (Å²) in [5.74, 6) is -1.41. The van der Waals surface area contributed by atoms with Crippen LogP contribution in [-0.2, 0) is 6.54 Å². The van der Waals surface area contributed by atoms with E-state index in [4.69, 9.17) is 5.26 Å². The van der Waals surface area contributed by atoms with Crippen molar-refractivity contribution in [1.82, 2.24) is 10.3 Å². The number of halogens is 1. The van der Waals surface area contributed by atoms with E-state index in [9.17, 15) is 14.0 Å². The van der Waals surface area contributed by atoms with E-state index >= 15 is 0 Å². The monoisotopic (exact) mass is 432 g/mol. The Morgan fingerprint density at radius 3 is 2.84 bits per heavy atom. The fraction of sp³-hybridized carbons (Fsp3) is 0.130. The summed E-state index contributed by atoms with van der Waals surface area (Å²) in [7, 11) is 0. The lowest BCUT2D eigenvalue weighted by atomic mass is 10.1. The van der Waals surface area contributed by atoms with E-state index in [-0.39, 0.29) is 23.6 Å². The van der Waals surface area contributed by atoms with Crippen LogP contribution in [0, 0.1) is 17.1 Å². The second-order valence-corrected chi connectivity index (χ2v) is 7.83. The van der Waals surface area contributed by atoms with Crippen molar-refractivity contribution in [3.05, 3.63) is 82.8 Å². The lowest BCUT2D eigenvalue weighted by molar-refractivity contribution is 0.0945. The first-order valence-corrected chi connectivity index (χ1v) is 10.4. The highest BCUT2D eigenvalue weighted by Crippen LogP contribution is 2.40. The molecular weight excluding hydrogens is 415 g/mol. The van der Waals surface area contributed by atoms with Crippen LogP contribution in [0.15, 0.2) is 64.6 Å². The average Bonchev–Trinajstić information content (AvgIpc) is 2.90. The molecule has 3 aromatic rings. The second kappa shape index (κ2) is 8.58. The number of carbonyl (C=O) groups excluding carboxylic acids is 2. The number of carbonyl (C=O) groups is 2. The van der Waals surface area contributed by atoms with Crippen molar-refractivity contribution in [2.75, 3.05) is 11.4 Å². The molecular formula is C23H17FN4O2S. The summed E-state index contributed by atoms with van der Waals surface area (Å²) in [6.07, 6.45) is 1.65. The Bertz CT molecular complexity index is 1240. The highest BCUT2D eigenvalue weighted by atomic mass is 32.2. The molecule has 6 nitrogen and oxygen atoms in total. The Morgan fingerprint density at radius 1 is 1.26 bits per heavy atom. The molecule has 2 heterocycles. The lowest BCUT2D eigenvalue weighted by Gasteiger charge is -2.21. The maximum absolute atomic E-state index is 14.1. The van der Waals surface area contributed by atoms with Gasteiger partial charge >= 0.3 is 0 Å². The average molecular weight is 432 g/mol. The summed E-state index contributed by atoms with van der Waals surface area (Å²) in [5.41, 5.74) is 2.17. The molecule has 0 unspecified atom stereocenters. The Morgan fingerprint density at radius 2 is 2.10 bits per heavy atom. The summed E-state index contributed by atoms with van der Waals surface area (Å²) in [4.78, 5) is 32.2. The molecule has 31 heavy (non-hydrogen) atoms. The van der Waals surface area contributed by atoms with Crippen LogP contribution < -0.4 is 10.2 Å². The molecule has 0 fully saturated rings. The number of fused-ring (bicyclic) bond motifs is 2. The molecule has 1 N–H and O–H groups in total. The Balaban J connectivity index is 1.58. The minimum atomic E-state index is -0.742. The Kier molecular flexibility index (Phi) is 5.69. The van der Waals surface area contributed by atoms with Crippen LogP contribution in [0.2, 0.25) is 0 Å². The van der Waals surface area contributed by atoms with E-state index in [1.807, 2.05) is 31.2 Å². The fourth-order valence-corrected chi connectivity index (χ4v) is 4.41. The van der Waals surface area contributed by atoms with Crippen molar-refractivity contribution in [3.63, 3.8) is 0 Å². The van der Waals surface area contributed by atoms with Gasteiger partial charge in [-0.25, -0.2) is 9.37 Å². The van der Waals surface area contributed by atoms with Crippen LogP contribution in [0.3, 0.4) is 0 Å². The van der Waals surface area contributed by atoms with Crippen LogP contribution in [0.1, 0.15) is 38.8 Å². The van der Waals surface area contributed by atoms with Gasteiger partial charge in [0.15, 0.2) is 0 Å². The van der Waals surface area contributed by atoms with Gasteiger partial charge in [-0.3, -0.25) is 9.59 Å².